The lowest BCUT2D eigenvalue weighted by Crippen LogP contribution is -2.26. The number of hydrogen-bond acceptors (Lipinski definition) is 5. The van der Waals surface area contributed by atoms with Gasteiger partial charge < -0.3 is 19.8 Å². The average molecular weight is 301 g/mol. The molecular formula is C16H19N3O3. The molecule has 1 amide bonds. The summed E-state index contributed by atoms with van der Waals surface area (Å²) in [7, 11) is 0. The fourth-order valence-electron chi connectivity index (χ4n) is 2.34. The van der Waals surface area contributed by atoms with Crippen LogP contribution in [0.5, 0.6) is 5.75 Å². The third-order valence-electron chi connectivity index (χ3n) is 3.77. The van der Waals surface area contributed by atoms with Gasteiger partial charge in [-0.2, -0.15) is 0 Å². The number of carbonyl (C=O) groups is 1. The Hall–Kier alpha value is -2.34. The van der Waals surface area contributed by atoms with Crippen LogP contribution >= 0.6 is 0 Å². The van der Waals surface area contributed by atoms with Crippen LogP contribution in [0.25, 0.3) is 0 Å². The van der Waals surface area contributed by atoms with Gasteiger partial charge in [0.15, 0.2) is 6.61 Å². The number of rotatable bonds is 4. The molecular weight excluding hydrogens is 282 g/mol. The van der Waals surface area contributed by atoms with Gasteiger partial charge in [0.25, 0.3) is 5.91 Å². The summed E-state index contributed by atoms with van der Waals surface area (Å²) in [6, 6.07) is 5.88. The number of anilines is 1. The van der Waals surface area contributed by atoms with Crippen LogP contribution in [0.3, 0.4) is 0 Å². The second-order valence-corrected chi connectivity index (χ2v) is 5.44. The van der Waals surface area contributed by atoms with E-state index < -0.39 is 0 Å². The van der Waals surface area contributed by atoms with Crippen molar-refractivity contribution in [1.29, 1.82) is 0 Å². The largest absolute Gasteiger partial charge is 0.482 e. The van der Waals surface area contributed by atoms with E-state index in [4.69, 9.17) is 9.15 Å². The predicted octanol–water partition coefficient (Wildman–Crippen LogP) is 2.47. The highest BCUT2D eigenvalue weighted by Crippen LogP contribution is 2.30. The Labute approximate surface area is 128 Å². The number of carbonyl (C=O) groups excluding carboxylic acids is 1. The van der Waals surface area contributed by atoms with Crippen LogP contribution in [-0.2, 0) is 11.3 Å². The summed E-state index contributed by atoms with van der Waals surface area (Å²) >= 11 is 0. The molecule has 1 atom stereocenters. The molecule has 0 unspecified atom stereocenters. The quantitative estimate of drug-likeness (QED) is 0.907. The van der Waals surface area contributed by atoms with Gasteiger partial charge in [0.2, 0.25) is 5.89 Å². The highest BCUT2D eigenvalue weighted by molar-refractivity contribution is 5.95. The highest BCUT2D eigenvalue weighted by atomic mass is 16.5. The minimum Gasteiger partial charge on any atom is -0.482 e. The minimum atomic E-state index is -0.129. The van der Waals surface area contributed by atoms with Gasteiger partial charge in [0, 0.05) is 6.04 Å². The number of ether oxygens (including phenoxy) is 1. The second kappa shape index (κ2) is 5.81. The molecule has 22 heavy (non-hydrogen) atoms. The Morgan fingerprint density at radius 2 is 2.23 bits per heavy atom. The number of aromatic nitrogens is 1. The van der Waals surface area contributed by atoms with Crippen LogP contribution in [0, 0.1) is 13.8 Å². The maximum atomic E-state index is 11.4. The molecule has 0 radical (unpaired) electrons. The zero-order chi connectivity index (χ0) is 15.7. The number of benzene rings is 1. The summed E-state index contributed by atoms with van der Waals surface area (Å²) in [4.78, 5) is 15.7. The number of oxazole rings is 1. The van der Waals surface area contributed by atoms with Crippen LogP contribution in [0.15, 0.2) is 22.6 Å². The molecule has 1 aliphatic heterocycles. The molecule has 1 aliphatic rings. The molecule has 0 aliphatic carbocycles. The monoisotopic (exact) mass is 301 g/mol. The van der Waals surface area contributed by atoms with E-state index in [1.165, 1.54) is 0 Å². The molecule has 0 bridgehead atoms. The van der Waals surface area contributed by atoms with E-state index in [2.05, 4.69) is 22.5 Å². The first-order valence-electron chi connectivity index (χ1n) is 7.26. The molecule has 6 heteroatoms. The zero-order valence-corrected chi connectivity index (χ0v) is 12.9. The van der Waals surface area contributed by atoms with Crippen LogP contribution in [-0.4, -0.2) is 17.5 Å². The molecule has 0 saturated heterocycles. The van der Waals surface area contributed by atoms with E-state index >= 15 is 0 Å². The lowest BCUT2D eigenvalue weighted by molar-refractivity contribution is -0.118. The topological polar surface area (TPSA) is 76.4 Å². The standard InChI is InChI=1S/C16H19N3O3/c1-9-11(3)22-16(18-9)7-17-10(2)12-4-5-14-13(6-12)19-15(20)8-21-14/h4-6,10,17H,7-8H2,1-3H3,(H,19,20)/t10-/m0/s1. The van der Waals surface area contributed by atoms with E-state index in [1.807, 2.05) is 32.0 Å². The number of aryl methyl sites for hydroxylation is 2. The molecule has 1 aromatic carbocycles. The summed E-state index contributed by atoms with van der Waals surface area (Å²) in [6.45, 7) is 6.51. The summed E-state index contributed by atoms with van der Waals surface area (Å²) in [5.74, 6) is 2.10. The minimum absolute atomic E-state index is 0.0724. The fraction of sp³-hybridized carbons (Fsp3) is 0.375. The SMILES string of the molecule is Cc1nc(CN[C@@H](C)c2ccc3c(c2)NC(=O)CO3)oc1C. The molecule has 6 nitrogen and oxygen atoms in total. The van der Waals surface area contributed by atoms with Crippen LogP contribution < -0.4 is 15.4 Å². The average Bonchev–Trinajstić information content (AvgIpc) is 2.82. The Morgan fingerprint density at radius 1 is 1.41 bits per heavy atom. The smallest absolute Gasteiger partial charge is 0.262 e. The number of hydrogen-bond donors (Lipinski definition) is 2. The molecule has 116 valence electrons. The summed E-state index contributed by atoms with van der Waals surface area (Å²) in [5.41, 5.74) is 2.69. The summed E-state index contributed by atoms with van der Waals surface area (Å²) in [6.07, 6.45) is 0. The van der Waals surface area contributed by atoms with Crippen molar-refractivity contribution >= 4 is 11.6 Å². The van der Waals surface area contributed by atoms with Gasteiger partial charge in [0.1, 0.15) is 11.5 Å². The van der Waals surface area contributed by atoms with Gasteiger partial charge >= 0.3 is 0 Å². The van der Waals surface area contributed by atoms with E-state index in [0.29, 0.717) is 23.9 Å². The molecule has 2 heterocycles. The number of fused-ring (bicyclic) bond motifs is 1. The summed E-state index contributed by atoms with van der Waals surface area (Å²) in [5, 5.41) is 6.18. The van der Waals surface area contributed by atoms with Crippen molar-refractivity contribution in [3.63, 3.8) is 0 Å². The van der Waals surface area contributed by atoms with E-state index in [1.54, 1.807) is 0 Å². The lowest BCUT2D eigenvalue weighted by Gasteiger charge is -2.20. The van der Waals surface area contributed by atoms with Crippen molar-refractivity contribution in [3.05, 3.63) is 41.1 Å². The third-order valence-corrected chi connectivity index (χ3v) is 3.77. The maximum Gasteiger partial charge on any atom is 0.262 e. The van der Waals surface area contributed by atoms with Crippen molar-refractivity contribution in [3.8, 4) is 5.75 Å². The highest BCUT2D eigenvalue weighted by Gasteiger charge is 2.17. The molecule has 0 saturated carbocycles. The van der Waals surface area contributed by atoms with Crippen molar-refractivity contribution in [2.24, 2.45) is 0 Å². The van der Waals surface area contributed by atoms with Crippen molar-refractivity contribution in [2.75, 3.05) is 11.9 Å². The van der Waals surface area contributed by atoms with Crippen LogP contribution in [0.1, 0.15) is 35.9 Å². The fourth-order valence-corrected chi connectivity index (χ4v) is 2.34. The second-order valence-electron chi connectivity index (χ2n) is 5.44. The van der Waals surface area contributed by atoms with Crippen molar-refractivity contribution < 1.29 is 13.9 Å². The first-order chi connectivity index (χ1) is 10.5. The van der Waals surface area contributed by atoms with E-state index in [-0.39, 0.29) is 18.6 Å². The zero-order valence-electron chi connectivity index (χ0n) is 12.9. The number of nitrogens with one attached hydrogen (secondary N) is 2. The Kier molecular flexibility index (Phi) is 3.85. The molecule has 2 N–H and O–H groups in total. The van der Waals surface area contributed by atoms with Crippen molar-refractivity contribution in [2.45, 2.75) is 33.4 Å². The third kappa shape index (κ3) is 2.96. The normalized spacial score (nSPS) is 15.0. The molecule has 0 fully saturated rings. The lowest BCUT2D eigenvalue weighted by atomic mass is 10.1. The Morgan fingerprint density at radius 3 is 2.95 bits per heavy atom. The Balaban J connectivity index is 1.68. The molecule has 1 aromatic heterocycles. The molecule has 3 rings (SSSR count). The summed E-state index contributed by atoms with van der Waals surface area (Å²) < 4.78 is 10.9. The van der Waals surface area contributed by atoms with Gasteiger partial charge in [-0.1, -0.05) is 6.07 Å². The van der Waals surface area contributed by atoms with Crippen LogP contribution in [0.4, 0.5) is 5.69 Å². The van der Waals surface area contributed by atoms with Gasteiger partial charge in [0.05, 0.1) is 17.9 Å². The van der Waals surface area contributed by atoms with E-state index in [9.17, 15) is 4.79 Å². The first-order valence-corrected chi connectivity index (χ1v) is 7.26. The number of nitrogens with zero attached hydrogens (tertiary/aromatic N) is 1. The maximum absolute atomic E-state index is 11.4. The van der Waals surface area contributed by atoms with Gasteiger partial charge in [-0.25, -0.2) is 4.98 Å². The number of amides is 1. The first kappa shape index (κ1) is 14.6. The molecule has 0 spiro atoms. The molecule has 2 aromatic rings. The van der Waals surface area contributed by atoms with Gasteiger partial charge in [-0.05, 0) is 38.5 Å². The Bertz CT molecular complexity index is 689. The predicted molar refractivity (Wildman–Crippen MR) is 81.8 cm³/mol. The van der Waals surface area contributed by atoms with E-state index in [0.717, 1.165) is 17.0 Å². The van der Waals surface area contributed by atoms with Crippen molar-refractivity contribution in [1.82, 2.24) is 10.3 Å². The van der Waals surface area contributed by atoms with Crippen LogP contribution in [0.2, 0.25) is 0 Å². The van der Waals surface area contributed by atoms with Gasteiger partial charge in [-0.3, -0.25) is 4.79 Å². The van der Waals surface area contributed by atoms with Gasteiger partial charge in [-0.15, -0.1) is 0 Å².